The lowest BCUT2D eigenvalue weighted by Crippen LogP contribution is -2.33. The number of aryl methyl sites for hydroxylation is 1. The highest BCUT2D eigenvalue weighted by molar-refractivity contribution is 8.00. The number of aromatic nitrogens is 2. The summed E-state index contributed by atoms with van der Waals surface area (Å²) < 4.78 is 0. The van der Waals surface area contributed by atoms with Crippen LogP contribution in [0.3, 0.4) is 0 Å². The lowest BCUT2D eigenvalue weighted by Gasteiger charge is -2.11. The standard InChI is InChI=1S/C15H19N3OS2/c1-2-11-7-12-14(16-9-17-15(12)21-11)20-8-13(19)18-10-5-3-4-6-10/h7,9-10H,2-6,8H2,1H3,(H,18,19). The van der Waals surface area contributed by atoms with Crippen LogP contribution in [0.2, 0.25) is 0 Å². The van der Waals surface area contributed by atoms with Crippen molar-refractivity contribution in [2.75, 3.05) is 5.75 Å². The Kier molecular flexibility index (Phi) is 4.75. The van der Waals surface area contributed by atoms with Crippen LogP contribution in [0.4, 0.5) is 0 Å². The summed E-state index contributed by atoms with van der Waals surface area (Å²) >= 11 is 3.22. The van der Waals surface area contributed by atoms with Gasteiger partial charge < -0.3 is 5.32 Å². The average molecular weight is 321 g/mol. The van der Waals surface area contributed by atoms with Gasteiger partial charge >= 0.3 is 0 Å². The van der Waals surface area contributed by atoms with Crippen molar-refractivity contribution in [1.82, 2.24) is 15.3 Å². The van der Waals surface area contributed by atoms with Gasteiger partial charge in [0, 0.05) is 16.3 Å². The molecule has 0 atom stereocenters. The number of nitrogens with zero attached hydrogens (tertiary/aromatic N) is 2. The number of hydrogen-bond acceptors (Lipinski definition) is 5. The van der Waals surface area contributed by atoms with Crippen molar-refractivity contribution in [1.29, 1.82) is 0 Å². The number of nitrogens with one attached hydrogen (secondary N) is 1. The molecule has 1 amide bonds. The lowest BCUT2D eigenvalue weighted by molar-refractivity contribution is -0.119. The van der Waals surface area contributed by atoms with Gasteiger partial charge in [-0.25, -0.2) is 9.97 Å². The molecule has 6 heteroatoms. The molecule has 0 radical (unpaired) electrons. The van der Waals surface area contributed by atoms with Crippen LogP contribution in [0.1, 0.15) is 37.5 Å². The third-order valence-corrected chi connectivity index (χ3v) is 5.95. The second kappa shape index (κ2) is 6.75. The van der Waals surface area contributed by atoms with Gasteiger partial charge in [-0.15, -0.1) is 11.3 Å². The van der Waals surface area contributed by atoms with E-state index < -0.39 is 0 Å². The number of thioether (sulfide) groups is 1. The van der Waals surface area contributed by atoms with Crippen LogP contribution in [-0.4, -0.2) is 27.7 Å². The molecule has 1 aliphatic carbocycles. The number of rotatable bonds is 5. The summed E-state index contributed by atoms with van der Waals surface area (Å²) in [7, 11) is 0. The predicted molar refractivity (Wildman–Crippen MR) is 87.9 cm³/mol. The van der Waals surface area contributed by atoms with Crippen molar-refractivity contribution >= 4 is 39.2 Å². The fraction of sp³-hybridized carbons (Fsp3) is 0.533. The minimum Gasteiger partial charge on any atom is -0.353 e. The third kappa shape index (κ3) is 3.55. The fourth-order valence-corrected chi connectivity index (χ4v) is 4.43. The number of hydrogen-bond donors (Lipinski definition) is 1. The molecule has 4 nitrogen and oxygen atoms in total. The maximum Gasteiger partial charge on any atom is 0.230 e. The van der Waals surface area contributed by atoms with Crippen molar-refractivity contribution < 1.29 is 4.79 Å². The first-order valence-corrected chi connectivity index (χ1v) is 9.22. The summed E-state index contributed by atoms with van der Waals surface area (Å²) in [6.45, 7) is 2.14. The molecule has 21 heavy (non-hydrogen) atoms. The predicted octanol–water partition coefficient (Wildman–Crippen LogP) is 3.40. The zero-order valence-electron chi connectivity index (χ0n) is 12.1. The molecule has 0 unspecified atom stereocenters. The second-order valence-electron chi connectivity index (χ2n) is 5.30. The van der Waals surface area contributed by atoms with Gasteiger partial charge in [0.15, 0.2) is 0 Å². The highest BCUT2D eigenvalue weighted by Gasteiger charge is 2.17. The number of fused-ring (bicyclic) bond motifs is 1. The zero-order chi connectivity index (χ0) is 14.7. The molecule has 0 saturated heterocycles. The van der Waals surface area contributed by atoms with Crippen LogP contribution in [-0.2, 0) is 11.2 Å². The Labute approximate surface area is 132 Å². The van der Waals surface area contributed by atoms with Crippen LogP contribution in [0, 0.1) is 0 Å². The molecule has 2 aromatic heterocycles. The topological polar surface area (TPSA) is 54.9 Å². The molecular formula is C15H19N3OS2. The Hall–Kier alpha value is -1.14. The summed E-state index contributed by atoms with van der Waals surface area (Å²) in [6.07, 6.45) is 7.32. The first-order valence-electron chi connectivity index (χ1n) is 7.42. The maximum absolute atomic E-state index is 12.0. The Morgan fingerprint density at radius 3 is 3.00 bits per heavy atom. The van der Waals surface area contributed by atoms with E-state index in [4.69, 9.17) is 0 Å². The van der Waals surface area contributed by atoms with E-state index in [1.165, 1.54) is 29.5 Å². The second-order valence-corrected chi connectivity index (χ2v) is 7.38. The van der Waals surface area contributed by atoms with Crippen LogP contribution < -0.4 is 5.32 Å². The zero-order valence-corrected chi connectivity index (χ0v) is 13.7. The van der Waals surface area contributed by atoms with Gasteiger partial charge in [0.2, 0.25) is 5.91 Å². The molecule has 3 rings (SSSR count). The number of thiophene rings is 1. The molecule has 0 bridgehead atoms. The van der Waals surface area contributed by atoms with Gasteiger partial charge in [-0.05, 0) is 25.3 Å². The first-order chi connectivity index (χ1) is 10.3. The van der Waals surface area contributed by atoms with E-state index in [1.807, 2.05) is 0 Å². The molecule has 2 aromatic rings. The third-order valence-electron chi connectivity index (χ3n) is 3.75. The lowest BCUT2D eigenvalue weighted by atomic mass is 10.2. The molecule has 1 N–H and O–H groups in total. The van der Waals surface area contributed by atoms with Crippen LogP contribution in [0.25, 0.3) is 10.2 Å². The summed E-state index contributed by atoms with van der Waals surface area (Å²) in [5.74, 6) is 0.546. The van der Waals surface area contributed by atoms with E-state index in [0.29, 0.717) is 11.8 Å². The van der Waals surface area contributed by atoms with E-state index in [1.54, 1.807) is 17.7 Å². The van der Waals surface area contributed by atoms with Crippen LogP contribution in [0.5, 0.6) is 0 Å². The summed E-state index contributed by atoms with van der Waals surface area (Å²) in [6, 6.07) is 2.54. The van der Waals surface area contributed by atoms with E-state index in [9.17, 15) is 4.79 Å². The quantitative estimate of drug-likeness (QED) is 0.677. The SMILES string of the molecule is CCc1cc2c(SCC(=O)NC3CCCC3)ncnc2s1. The van der Waals surface area contributed by atoms with Gasteiger partial charge in [-0.1, -0.05) is 31.5 Å². The number of carbonyl (C=O) groups is 1. The molecule has 1 saturated carbocycles. The van der Waals surface area contributed by atoms with E-state index in [2.05, 4.69) is 28.3 Å². The van der Waals surface area contributed by atoms with Crippen LogP contribution in [0.15, 0.2) is 17.4 Å². The smallest absolute Gasteiger partial charge is 0.230 e. The minimum atomic E-state index is 0.115. The van der Waals surface area contributed by atoms with Crippen molar-refractivity contribution in [2.45, 2.75) is 50.1 Å². The first kappa shape index (κ1) is 14.8. The largest absolute Gasteiger partial charge is 0.353 e. The molecule has 0 aromatic carbocycles. The van der Waals surface area contributed by atoms with Gasteiger partial charge in [-0.3, -0.25) is 4.79 Å². The van der Waals surface area contributed by atoms with Gasteiger partial charge in [0.05, 0.1) is 5.75 Å². The van der Waals surface area contributed by atoms with Crippen molar-refractivity contribution in [3.63, 3.8) is 0 Å². The van der Waals surface area contributed by atoms with E-state index in [-0.39, 0.29) is 5.91 Å². The van der Waals surface area contributed by atoms with Crippen molar-refractivity contribution in [3.05, 3.63) is 17.3 Å². The molecule has 0 aliphatic heterocycles. The molecule has 0 spiro atoms. The summed E-state index contributed by atoms with van der Waals surface area (Å²) in [4.78, 5) is 23.0. The van der Waals surface area contributed by atoms with Crippen molar-refractivity contribution in [3.8, 4) is 0 Å². The fourth-order valence-electron chi connectivity index (χ4n) is 2.65. The molecule has 2 heterocycles. The molecule has 1 aliphatic rings. The Morgan fingerprint density at radius 2 is 2.24 bits per heavy atom. The van der Waals surface area contributed by atoms with Gasteiger partial charge in [0.25, 0.3) is 0 Å². The molecule has 1 fully saturated rings. The molecular weight excluding hydrogens is 302 g/mol. The Balaban J connectivity index is 1.64. The Bertz CT molecular complexity index is 635. The van der Waals surface area contributed by atoms with Crippen LogP contribution >= 0.6 is 23.1 Å². The average Bonchev–Trinajstić information content (AvgIpc) is 3.13. The highest BCUT2D eigenvalue weighted by atomic mass is 32.2. The summed E-state index contributed by atoms with van der Waals surface area (Å²) in [5, 5.41) is 5.11. The molecule has 112 valence electrons. The van der Waals surface area contributed by atoms with Crippen molar-refractivity contribution in [2.24, 2.45) is 0 Å². The summed E-state index contributed by atoms with van der Waals surface area (Å²) in [5.41, 5.74) is 0. The van der Waals surface area contributed by atoms with E-state index in [0.717, 1.165) is 34.5 Å². The monoisotopic (exact) mass is 321 g/mol. The van der Waals surface area contributed by atoms with E-state index >= 15 is 0 Å². The number of carbonyl (C=O) groups excluding carboxylic acids is 1. The Morgan fingerprint density at radius 1 is 1.43 bits per heavy atom. The van der Waals surface area contributed by atoms with Gasteiger partial charge in [-0.2, -0.15) is 0 Å². The number of amides is 1. The highest BCUT2D eigenvalue weighted by Crippen LogP contribution is 2.30. The minimum absolute atomic E-state index is 0.115. The normalized spacial score (nSPS) is 15.7. The maximum atomic E-state index is 12.0. The van der Waals surface area contributed by atoms with Gasteiger partial charge in [0.1, 0.15) is 16.2 Å².